The number of nitrogens with one attached hydrogen (secondary N) is 1. The fourth-order valence-electron chi connectivity index (χ4n) is 2.04. The maximum atomic E-state index is 13.1. The monoisotopic (exact) mass is 266 g/mol. The summed E-state index contributed by atoms with van der Waals surface area (Å²) < 4.78 is 18.5. The molecule has 0 aromatic heterocycles. The van der Waals surface area contributed by atoms with Gasteiger partial charge in [0.25, 0.3) is 5.91 Å². The number of ether oxygens (including phenoxy) is 1. The molecule has 1 aromatic rings. The van der Waals surface area contributed by atoms with Gasteiger partial charge in [-0.05, 0) is 43.7 Å². The first-order valence-corrected chi connectivity index (χ1v) is 6.54. The van der Waals surface area contributed by atoms with Gasteiger partial charge in [0.15, 0.2) is 6.61 Å². The maximum Gasteiger partial charge on any atom is 0.260 e. The van der Waals surface area contributed by atoms with Crippen molar-refractivity contribution in [1.82, 2.24) is 10.2 Å². The minimum atomic E-state index is -0.266. The number of aryl methyl sites for hydroxylation is 1. The molecule has 19 heavy (non-hydrogen) atoms. The lowest BCUT2D eigenvalue weighted by Crippen LogP contribution is -2.37. The van der Waals surface area contributed by atoms with Crippen LogP contribution in [-0.2, 0) is 4.79 Å². The van der Waals surface area contributed by atoms with Gasteiger partial charge in [-0.25, -0.2) is 4.39 Å². The van der Waals surface area contributed by atoms with Crippen LogP contribution in [0.1, 0.15) is 12.0 Å². The molecule has 0 radical (unpaired) electrons. The summed E-state index contributed by atoms with van der Waals surface area (Å²) in [6.45, 7) is 4.92. The number of nitrogens with zero attached hydrogens (tertiary/aromatic N) is 1. The molecule has 1 aliphatic heterocycles. The highest BCUT2D eigenvalue weighted by molar-refractivity contribution is 5.77. The Morgan fingerprint density at radius 3 is 3.05 bits per heavy atom. The van der Waals surface area contributed by atoms with Crippen LogP contribution in [0.4, 0.5) is 4.39 Å². The van der Waals surface area contributed by atoms with Gasteiger partial charge in [-0.15, -0.1) is 0 Å². The van der Waals surface area contributed by atoms with Crippen LogP contribution in [0.3, 0.4) is 0 Å². The molecular weight excluding hydrogens is 247 g/mol. The first-order valence-electron chi connectivity index (χ1n) is 6.54. The predicted octanol–water partition coefficient (Wildman–Crippen LogP) is 1.33. The first kappa shape index (κ1) is 13.8. The Bertz CT molecular complexity index is 443. The highest BCUT2D eigenvalue weighted by Crippen LogP contribution is 2.15. The van der Waals surface area contributed by atoms with Gasteiger partial charge >= 0.3 is 0 Å². The Kier molecular flexibility index (Phi) is 4.74. The fraction of sp³-hybridized carbons (Fsp3) is 0.500. The van der Waals surface area contributed by atoms with Crippen LogP contribution >= 0.6 is 0 Å². The molecule has 1 aliphatic rings. The molecule has 1 heterocycles. The Hall–Kier alpha value is -1.62. The molecular formula is C14H19FN2O2. The summed E-state index contributed by atoms with van der Waals surface area (Å²) in [5, 5.41) is 3.24. The van der Waals surface area contributed by atoms with Crippen molar-refractivity contribution in [3.8, 4) is 5.75 Å². The summed E-state index contributed by atoms with van der Waals surface area (Å²) in [5.74, 6) is 0.239. The van der Waals surface area contributed by atoms with Crippen molar-refractivity contribution in [2.45, 2.75) is 13.3 Å². The summed E-state index contributed by atoms with van der Waals surface area (Å²) in [4.78, 5) is 13.8. The van der Waals surface area contributed by atoms with Crippen molar-refractivity contribution >= 4 is 5.91 Å². The lowest BCUT2D eigenvalue weighted by molar-refractivity contribution is -0.133. The third-order valence-corrected chi connectivity index (χ3v) is 3.18. The van der Waals surface area contributed by atoms with E-state index in [0.29, 0.717) is 17.9 Å². The average molecular weight is 266 g/mol. The van der Waals surface area contributed by atoms with Gasteiger partial charge in [0.1, 0.15) is 11.6 Å². The zero-order valence-corrected chi connectivity index (χ0v) is 11.1. The number of amides is 1. The predicted molar refractivity (Wildman–Crippen MR) is 70.7 cm³/mol. The third kappa shape index (κ3) is 3.92. The molecule has 1 fully saturated rings. The number of rotatable bonds is 3. The normalized spacial score (nSPS) is 16.0. The van der Waals surface area contributed by atoms with Crippen LogP contribution in [-0.4, -0.2) is 43.6 Å². The summed E-state index contributed by atoms with van der Waals surface area (Å²) in [6, 6.07) is 4.50. The van der Waals surface area contributed by atoms with E-state index < -0.39 is 0 Å². The van der Waals surface area contributed by atoms with Crippen LogP contribution in [0.5, 0.6) is 5.75 Å². The van der Waals surface area contributed by atoms with E-state index in [1.165, 1.54) is 6.07 Å². The summed E-state index contributed by atoms with van der Waals surface area (Å²) >= 11 is 0. The highest BCUT2D eigenvalue weighted by Gasteiger charge is 2.15. The minimum absolute atomic E-state index is 0.00503. The molecule has 1 N–H and O–H groups in total. The largest absolute Gasteiger partial charge is 0.484 e. The second-order valence-corrected chi connectivity index (χ2v) is 4.68. The molecule has 0 bridgehead atoms. The van der Waals surface area contributed by atoms with Crippen LogP contribution in [0.2, 0.25) is 0 Å². The number of benzene rings is 1. The standard InChI is InChI=1S/C14H19FN2O2/c1-11-9-12(3-4-13(11)15)19-10-14(18)17-7-2-5-16-6-8-17/h3-4,9,16H,2,5-8,10H2,1H3. The number of hydrogen-bond acceptors (Lipinski definition) is 3. The number of carbonyl (C=O) groups excluding carboxylic acids is 1. The molecule has 2 rings (SSSR count). The van der Waals surface area contributed by atoms with Crippen molar-refractivity contribution in [1.29, 1.82) is 0 Å². The first-order chi connectivity index (χ1) is 9.16. The van der Waals surface area contributed by atoms with Crippen molar-refractivity contribution in [3.63, 3.8) is 0 Å². The van der Waals surface area contributed by atoms with E-state index >= 15 is 0 Å². The second kappa shape index (κ2) is 6.52. The van der Waals surface area contributed by atoms with Crippen LogP contribution in [0, 0.1) is 12.7 Å². The van der Waals surface area contributed by atoms with Crippen molar-refractivity contribution < 1.29 is 13.9 Å². The van der Waals surface area contributed by atoms with Crippen LogP contribution in [0.25, 0.3) is 0 Å². The second-order valence-electron chi connectivity index (χ2n) is 4.68. The Morgan fingerprint density at radius 2 is 2.26 bits per heavy atom. The Morgan fingerprint density at radius 1 is 1.42 bits per heavy atom. The molecule has 0 saturated carbocycles. The average Bonchev–Trinajstić information content (AvgIpc) is 2.69. The smallest absolute Gasteiger partial charge is 0.260 e. The van der Waals surface area contributed by atoms with E-state index in [-0.39, 0.29) is 18.3 Å². The molecule has 5 heteroatoms. The molecule has 1 saturated heterocycles. The highest BCUT2D eigenvalue weighted by atomic mass is 19.1. The lowest BCUT2D eigenvalue weighted by Gasteiger charge is -2.20. The van der Waals surface area contributed by atoms with E-state index in [4.69, 9.17) is 4.74 Å². The van der Waals surface area contributed by atoms with E-state index in [1.54, 1.807) is 24.0 Å². The lowest BCUT2D eigenvalue weighted by atomic mass is 10.2. The van der Waals surface area contributed by atoms with Gasteiger partial charge in [0.05, 0.1) is 0 Å². The van der Waals surface area contributed by atoms with E-state index in [0.717, 1.165) is 26.1 Å². The molecule has 0 spiro atoms. The van der Waals surface area contributed by atoms with E-state index in [2.05, 4.69) is 5.32 Å². The van der Waals surface area contributed by atoms with Gasteiger partial charge in [-0.3, -0.25) is 4.79 Å². The van der Waals surface area contributed by atoms with Gasteiger partial charge in [0, 0.05) is 19.6 Å². The molecule has 0 atom stereocenters. The molecule has 4 nitrogen and oxygen atoms in total. The Balaban J connectivity index is 1.86. The van der Waals surface area contributed by atoms with Gasteiger partial charge in [-0.2, -0.15) is 0 Å². The third-order valence-electron chi connectivity index (χ3n) is 3.18. The molecule has 0 unspecified atom stereocenters. The topological polar surface area (TPSA) is 41.6 Å². The summed E-state index contributed by atoms with van der Waals surface area (Å²) in [7, 11) is 0. The van der Waals surface area contributed by atoms with Crippen molar-refractivity contribution in [3.05, 3.63) is 29.6 Å². The Labute approximate surface area is 112 Å². The SMILES string of the molecule is Cc1cc(OCC(=O)N2CCCNCC2)ccc1F. The number of halogens is 1. The molecule has 1 amide bonds. The van der Waals surface area contributed by atoms with E-state index in [1.807, 2.05) is 0 Å². The molecule has 104 valence electrons. The van der Waals surface area contributed by atoms with Gasteiger partial charge < -0.3 is 15.0 Å². The minimum Gasteiger partial charge on any atom is -0.484 e. The van der Waals surface area contributed by atoms with Crippen LogP contribution < -0.4 is 10.1 Å². The van der Waals surface area contributed by atoms with Gasteiger partial charge in [-0.1, -0.05) is 0 Å². The van der Waals surface area contributed by atoms with Gasteiger partial charge in [0.2, 0.25) is 0 Å². The number of hydrogen-bond donors (Lipinski definition) is 1. The molecule has 1 aromatic carbocycles. The zero-order chi connectivity index (χ0) is 13.7. The quantitative estimate of drug-likeness (QED) is 0.897. The molecule has 0 aliphatic carbocycles. The fourth-order valence-corrected chi connectivity index (χ4v) is 2.04. The van der Waals surface area contributed by atoms with E-state index in [9.17, 15) is 9.18 Å². The van der Waals surface area contributed by atoms with Crippen LogP contribution in [0.15, 0.2) is 18.2 Å². The van der Waals surface area contributed by atoms with Crippen molar-refractivity contribution in [2.24, 2.45) is 0 Å². The summed E-state index contributed by atoms with van der Waals surface area (Å²) in [6.07, 6.45) is 0.960. The maximum absolute atomic E-state index is 13.1. The summed E-state index contributed by atoms with van der Waals surface area (Å²) in [5.41, 5.74) is 0.518. The van der Waals surface area contributed by atoms with Crippen molar-refractivity contribution in [2.75, 3.05) is 32.8 Å². The zero-order valence-electron chi connectivity index (χ0n) is 11.1. The number of carbonyl (C=O) groups is 1.